The molecule has 29 heavy (non-hydrogen) atoms. The van der Waals surface area contributed by atoms with Gasteiger partial charge in [-0.1, -0.05) is 75.6 Å². The average molecular weight is 386 g/mol. The number of aliphatic hydroxyl groups excluding tert-OH is 1. The van der Waals surface area contributed by atoms with Gasteiger partial charge in [-0.05, 0) is 35.9 Å². The maximum Gasteiger partial charge on any atom is 0.157 e. The van der Waals surface area contributed by atoms with Crippen LogP contribution in [-0.2, 0) is 11.3 Å². The number of benzene rings is 2. The van der Waals surface area contributed by atoms with Crippen LogP contribution in [0.4, 0.5) is 0 Å². The molecule has 1 heterocycles. The summed E-state index contributed by atoms with van der Waals surface area (Å²) < 4.78 is 5.31. The molecule has 0 atom stereocenters. The van der Waals surface area contributed by atoms with Crippen molar-refractivity contribution in [3.8, 4) is 11.8 Å². The maximum absolute atomic E-state index is 9.46. The second kappa shape index (κ2) is 11.3. The van der Waals surface area contributed by atoms with Crippen molar-refractivity contribution in [2.45, 2.75) is 26.8 Å². The third kappa shape index (κ3) is 7.12. The first kappa shape index (κ1) is 21.7. The summed E-state index contributed by atoms with van der Waals surface area (Å²) in [7, 11) is 0. The molecule has 1 aliphatic heterocycles. The number of allylic oxidation sites excluding steroid dienone is 1. The third-order valence-corrected chi connectivity index (χ3v) is 3.81. The Morgan fingerprint density at radius 2 is 1.59 bits per heavy atom. The van der Waals surface area contributed by atoms with E-state index in [4.69, 9.17) is 4.74 Å². The molecule has 0 radical (unpaired) electrons. The Morgan fingerprint density at radius 1 is 1.00 bits per heavy atom. The lowest BCUT2D eigenvalue weighted by atomic mass is 10.1. The van der Waals surface area contributed by atoms with Crippen molar-refractivity contribution in [2.75, 3.05) is 0 Å². The summed E-state index contributed by atoms with van der Waals surface area (Å²) in [5.41, 5.74) is 4.19. The molecule has 0 aliphatic carbocycles. The topological polar surface area (TPSA) is 41.5 Å². The molecule has 0 spiro atoms. The molecule has 148 valence electrons. The van der Waals surface area contributed by atoms with E-state index >= 15 is 0 Å². The van der Waals surface area contributed by atoms with Crippen molar-refractivity contribution in [3.63, 3.8) is 0 Å². The molecule has 0 unspecified atom stereocenters. The van der Waals surface area contributed by atoms with E-state index in [1.165, 1.54) is 12.7 Å². The minimum absolute atomic E-state index is 0.0220. The van der Waals surface area contributed by atoms with Crippen LogP contribution in [0.25, 0.3) is 0 Å². The van der Waals surface area contributed by atoms with Crippen LogP contribution in [-0.4, -0.2) is 5.11 Å². The molecule has 3 nitrogen and oxygen atoms in total. The Labute approximate surface area is 173 Å². The monoisotopic (exact) mass is 385 g/mol. The van der Waals surface area contributed by atoms with E-state index in [1.54, 1.807) is 6.08 Å². The van der Waals surface area contributed by atoms with E-state index in [0.29, 0.717) is 23.6 Å². The van der Waals surface area contributed by atoms with Crippen LogP contribution in [0, 0.1) is 11.8 Å². The first-order chi connectivity index (χ1) is 14.0. The number of aliphatic hydroxyl groups is 1. The number of rotatable bonds is 4. The van der Waals surface area contributed by atoms with Crippen LogP contribution >= 0.6 is 0 Å². The average Bonchev–Trinajstić information content (AvgIpc) is 2.74. The van der Waals surface area contributed by atoms with Crippen LogP contribution in [0.15, 0.2) is 103 Å². The van der Waals surface area contributed by atoms with Crippen molar-refractivity contribution in [2.24, 2.45) is 0 Å². The van der Waals surface area contributed by atoms with Gasteiger partial charge in [-0.3, -0.25) is 0 Å². The van der Waals surface area contributed by atoms with Gasteiger partial charge in [0.2, 0.25) is 0 Å². The Bertz CT molecular complexity index is 955. The van der Waals surface area contributed by atoms with Crippen LogP contribution in [0.5, 0.6) is 0 Å². The number of ether oxygens (including phenoxy) is 1. The molecule has 3 rings (SSSR count). The van der Waals surface area contributed by atoms with E-state index in [1.807, 2.05) is 54.6 Å². The highest BCUT2D eigenvalue weighted by Gasteiger charge is 2.11. The fraction of sp³-hybridized carbons (Fsp3) is 0.154. The molecular weight excluding hydrogens is 358 g/mol. The predicted molar refractivity (Wildman–Crippen MR) is 120 cm³/mol. The van der Waals surface area contributed by atoms with Crippen LogP contribution in [0.2, 0.25) is 0 Å². The van der Waals surface area contributed by atoms with Gasteiger partial charge in [-0.2, -0.15) is 0 Å². The first-order valence-corrected chi connectivity index (χ1v) is 9.59. The zero-order valence-electron chi connectivity index (χ0n) is 17.0. The van der Waals surface area contributed by atoms with Gasteiger partial charge in [-0.25, -0.2) is 0 Å². The quantitative estimate of drug-likeness (QED) is 0.637. The highest BCUT2D eigenvalue weighted by molar-refractivity contribution is 5.44. The van der Waals surface area contributed by atoms with Gasteiger partial charge in [0.25, 0.3) is 0 Å². The van der Waals surface area contributed by atoms with Gasteiger partial charge in [0.15, 0.2) is 5.76 Å². The molecule has 0 amide bonds. The van der Waals surface area contributed by atoms with E-state index in [0.717, 1.165) is 16.7 Å². The molecule has 1 aliphatic rings. The summed E-state index contributed by atoms with van der Waals surface area (Å²) in [5, 5.41) is 12.7. The van der Waals surface area contributed by atoms with Gasteiger partial charge >= 0.3 is 0 Å². The highest BCUT2D eigenvalue weighted by atomic mass is 16.5. The molecule has 2 N–H and O–H groups in total. The fourth-order valence-corrected chi connectivity index (χ4v) is 2.29. The molecule has 2 aromatic carbocycles. The smallest absolute Gasteiger partial charge is 0.157 e. The number of hydrogen-bond donors (Lipinski definition) is 2. The Kier molecular flexibility index (Phi) is 8.41. The van der Waals surface area contributed by atoms with Crippen LogP contribution in [0.3, 0.4) is 0 Å². The van der Waals surface area contributed by atoms with E-state index in [2.05, 4.69) is 44.2 Å². The van der Waals surface area contributed by atoms with Crippen molar-refractivity contribution in [3.05, 3.63) is 120 Å². The van der Waals surface area contributed by atoms with Crippen molar-refractivity contribution in [1.82, 2.24) is 5.32 Å². The Morgan fingerprint density at radius 3 is 2.17 bits per heavy atom. The lowest BCUT2D eigenvalue weighted by Crippen LogP contribution is -2.15. The highest BCUT2D eigenvalue weighted by Crippen LogP contribution is 2.20. The molecule has 0 saturated carbocycles. The van der Waals surface area contributed by atoms with Gasteiger partial charge in [0.05, 0.1) is 5.70 Å². The fourth-order valence-electron chi connectivity index (χ4n) is 2.29. The van der Waals surface area contributed by atoms with Crippen molar-refractivity contribution < 1.29 is 9.84 Å². The SMILES string of the molecule is C=C1C=C(C(=C)NCc2ccc(C#Cc3ccccc3)cc2)OC=C1O.CCC. The first-order valence-electron chi connectivity index (χ1n) is 9.59. The zero-order valence-corrected chi connectivity index (χ0v) is 17.0. The molecule has 2 aromatic rings. The zero-order chi connectivity index (χ0) is 21.1. The molecular formula is C26H27NO2. The van der Waals surface area contributed by atoms with Crippen LogP contribution < -0.4 is 5.32 Å². The summed E-state index contributed by atoms with van der Waals surface area (Å²) in [6.07, 6.45) is 4.15. The van der Waals surface area contributed by atoms with E-state index < -0.39 is 0 Å². The van der Waals surface area contributed by atoms with Gasteiger partial charge in [0.1, 0.15) is 12.0 Å². The minimum atomic E-state index is 0.0220. The van der Waals surface area contributed by atoms with Crippen molar-refractivity contribution >= 4 is 0 Å². The lowest BCUT2D eigenvalue weighted by Gasteiger charge is -2.16. The van der Waals surface area contributed by atoms with E-state index in [-0.39, 0.29) is 5.76 Å². The van der Waals surface area contributed by atoms with E-state index in [9.17, 15) is 5.11 Å². The molecule has 0 fully saturated rings. The normalized spacial score (nSPS) is 12.1. The van der Waals surface area contributed by atoms with Gasteiger partial charge in [0, 0.05) is 23.2 Å². The standard InChI is InChI=1S/C23H19NO2.C3H8/c1-17-14-23(26-16-22(17)25)18(2)24-15-21-12-10-20(11-13-21)9-8-19-6-4-3-5-7-19;1-3-2/h3-7,10-14,16,24-25H,1-2,15H2;3H2,1-2H3. The second-order valence-electron chi connectivity index (χ2n) is 6.51. The largest absolute Gasteiger partial charge is 0.504 e. The van der Waals surface area contributed by atoms with Gasteiger partial charge in [-0.15, -0.1) is 0 Å². The summed E-state index contributed by atoms with van der Waals surface area (Å²) in [5.74, 6) is 6.86. The molecule has 3 heteroatoms. The Hall–Kier alpha value is -3.64. The molecule has 0 bridgehead atoms. The summed E-state index contributed by atoms with van der Waals surface area (Å²) in [6, 6.07) is 17.9. The molecule has 0 aromatic heterocycles. The Balaban J connectivity index is 0.000000941. The predicted octanol–water partition coefficient (Wildman–Crippen LogP) is 5.98. The summed E-state index contributed by atoms with van der Waals surface area (Å²) in [6.45, 7) is 12.5. The number of nitrogens with one attached hydrogen (secondary N) is 1. The molecule has 0 saturated heterocycles. The minimum Gasteiger partial charge on any atom is -0.504 e. The summed E-state index contributed by atoms with van der Waals surface area (Å²) in [4.78, 5) is 0. The van der Waals surface area contributed by atoms with Crippen molar-refractivity contribution in [1.29, 1.82) is 0 Å². The van der Waals surface area contributed by atoms with Crippen LogP contribution in [0.1, 0.15) is 37.0 Å². The maximum atomic E-state index is 9.46. The van der Waals surface area contributed by atoms with Gasteiger partial charge < -0.3 is 15.2 Å². The lowest BCUT2D eigenvalue weighted by molar-refractivity contribution is 0.305. The third-order valence-electron chi connectivity index (χ3n) is 3.81. The number of hydrogen-bond acceptors (Lipinski definition) is 3. The summed E-state index contributed by atoms with van der Waals surface area (Å²) >= 11 is 0. The second-order valence-corrected chi connectivity index (χ2v) is 6.51.